The van der Waals surface area contributed by atoms with Crippen LogP contribution in [-0.2, 0) is 17.1 Å². The van der Waals surface area contributed by atoms with E-state index in [-0.39, 0.29) is 18.0 Å². The van der Waals surface area contributed by atoms with Crippen molar-refractivity contribution in [2.24, 2.45) is 5.92 Å². The maximum absolute atomic E-state index is 13.4. The Hall–Kier alpha value is -2.49. The number of anilines is 2. The average Bonchev–Trinajstić information content (AvgIpc) is 3.34. The van der Waals surface area contributed by atoms with Crippen molar-refractivity contribution in [2.45, 2.75) is 50.6 Å². The summed E-state index contributed by atoms with van der Waals surface area (Å²) in [6.45, 7) is 1.79. The summed E-state index contributed by atoms with van der Waals surface area (Å²) < 4.78 is 80.2. The molecule has 1 saturated heterocycles. The van der Waals surface area contributed by atoms with Gasteiger partial charge in [-0.15, -0.1) is 0 Å². The highest BCUT2D eigenvalue weighted by molar-refractivity contribution is 6.31. The minimum absolute atomic E-state index is 0.00488. The van der Waals surface area contributed by atoms with E-state index < -0.39 is 41.4 Å². The number of amides is 1. The van der Waals surface area contributed by atoms with E-state index in [1.54, 1.807) is 25.1 Å². The highest BCUT2D eigenvalue weighted by atomic mass is 35.5. The molecule has 2 bridgehead atoms. The van der Waals surface area contributed by atoms with Crippen molar-refractivity contribution in [1.29, 1.82) is 0 Å². The molecule has 0 spiro atoms. The number of benzene rings is 1. The number of aryl methyl sites for hydroxylation is 1. The summed E-state index contributed by atoms with van der Waals surface area (Å²) in [6, 6.07) is 4.30. The van der Waals surface area contributed by atoms with E-state index in [0.29, 0.717) is 36.0 Å². The Bertz CT molecular complexity index is 1050. The Morgan fingerprint density at radius 2 is 1.79 bits per heavy atom. The summed E-state index contributed by atoms with van der Waals surface area (Å²) in [5.41, 5.74) is -1.81. The van der Waals surface area contributed by atoms with Crippen LogP contribution in [0.25, 0.3) is 0 Å². The predicted octanol–water partition coefficient (Wildman–Crippen LogP) is 6.10. The first-order chi connectivity index (χ1) is 15.3. The molecule has 2 fully saturated rings. The molecule has 1 amide bonds. The molecule has 1 aromatic heterocycles. The molecular formula is C22H20ClF6N3O. The van der Waals surface area contributed by atoms with Gasteiger partial charge in [-0.2, -0.15) is 26.3 Å². The molecule has 178 valence electrons. The second-order valence-corrected chi connectivity index (χ2v) is 8.91. The van der Waals surface area contributed by atoms with Crippen molar-refractivity contribution in [3.8, 4) is 0 Å². The number of alkyl halides is 6. The zero-order valence-corrected chi connectivity index (χ0v) is 18.4. The van der Waals surface area contributed by atoms with Crippen LogP contribution in [-0.4, -0.2) is 30.0 Å². The topological polar surface area (TPSA) is 36.4 Å². The Labute approximate surface area is 191 Å². The first-order valence-corrected chi connectivity index (χ1v) is 10.6. The first kappa shape index (κ1) is 23.7. The van der Waals surface area contributed by atoms with Gasteiger partial charge in [-0.05, 0) is 61.9 Å². The third kappa shape index (κ3) is 4.37. The number of aromatic nitrogens is 1. The molecule has 11 heteroatoms. The molecule has 33 heavy (non-hydrogen) atoms. The van der Waals surface area contributed by atoms with Crippen LogP contribution in [0, 0.1) is 12.8 Å². The maximum atomic E-state index is 13.4. The third-order valence-corrected chi connectivity index (χ3v) is 6.81. The van der Waals surface area contributed by atoms with E-state index in [4.69, 9.17) is 11.6 Å². The molecule has 2 aromatic rings. The van der Waals surface area contributed by atoms with Crippen molar-refractivity contribution in [3.63, 3.8) is 0 Å². The van der Waals surface area contributed by atoms with Crippen LogP contribution >= 0.6 is 11.6 Å². The number of likely N-dealkylation sites (N-methyl/N-ethyl adjacent to an activating group) is 1. The summed E-state index contributed by atoms with van der Waals surface area (Å²) in [5, 5.41) is 0.436. The van der Waals surface area contributed by atoms with Gasteiger partial charge in [0.1, 0.15) is 17.6 Å². The number of nitrogens with zero attached hydrogens (tertiary/aromatic N) is 3. The predicted molar refractivity (Wildman–Crippen MR) is 111 cm³/mol. The quantitative estimate of drug-likeness (QED) is 0.487. The number of piperidine rings is 1. The van der Waals surface area contributed by atoms with Crippen LogP contribution in [0.5, 0.6) is 0 Å². The molecule has 4 rings (SSSR count). The summed E-state index contributed by atoms with van der Waals surface area (Å²) in [7, 11) is 1.51. The van der Waals surface area contributed by atoms with E-state index in [1.165, 1.54) is 16.8 Å². The Morgan fingerprint density at radius 1 is 1.09 bits per heavy atom. The summed E-state index contributed by atoms with van der Waals surface area (Å²) >= 11 is 6.16. The fourth-order valence-corrected chi connectivity index (χ4v) is 4.88. The van der Waals surface area contributed by atoms with Gasteiger partial charge in [0.2, 0.25) is 5.91 Å². The van der Waals surface area contributed by atoms with Crippen LogP contribution in [0.2, 0.25) is 5.02 Å². The lowest BCUT2D eigenvalue weighted by Gasteiger charge is -2.37. The summed E-state index contributed by atoms with van der Waals surface area (Å²) in [6.07, 6.45) is -8.34. The molecule has 2 heterocycles. The fraction of sp³-hybridized carbons (Fsp3) is 0.455. The standard InChI is InChI=1S/C22H20ClF6N3O/c1-11-3-5-14(10-16(11)23)31(2)20(33)19-12-4-6-15(7-12)32(19)18-9-13(21(24,25)26)8-17(30-18)22(27,28)29/h3,5,8-10,12,15,19H,4,6-7H2,1-2H3/t12-,15+,19-/m0/s1. The average molecular weight is 492 g/mol. The molecular weight excluding hydrogens is 472 g/mol. The van der Waals surface area contributed by atoms with Crippen LogP contribution in [0.3, 0.4) is 0 Å². The van der Waals surface area contributed by atoms with Gasteiger partial charge < -0.3 is 9.80 Å². The van der Waals surface area contributed by atoms with Gasteiger partial charge in [0.15, 0.2) is 0 Å². The zero-order chi connectivity index (χ0) is 24.3. The van der Waals surface area contributed by atoms with Crippen molar-refractivity contribution in [3.05, 3.63) is 52.2 Å². The van der Waals surface area contributed by atoms with E-state index in [2.05, 4.69) is 4.98 Å². The van der Waals surface area contributed by atoms with E-state index in [1.807, 2.05) is 0 Å². The zero-order valence-electron chi connectivity index (χ0n) is 17.6. The molecule has 1 saturated carbocycles. The molecule has 1 aliphatic heterocycles. The van der Waals surface area contributed by atoms with Gasteiger partial charge in [-0.3, -0.25) is 4.79 Å². The number of hydrogen-bond acceptors (Lipinski definition) is 3. The van der Waals surface area contributed by atoms with Crippen LogP contribution in [0.1, 0.15) is 36.1 Å². The Balaban J connectivity index is 1.75. The summed E-state index contributed by atoms with van der Waals surface area (Å²) in [5.74, 6) is -1.12. The largest absolute Gasteiger partial charge is 0.433 e. The molecule has 0 N–H and O–H groups in total. The van der Waals surface area contributed by atoms with Crippen LogP contribution in [0.15, 0.2) is 30.3 Å². The lowest BCUT2D eigenvalue weighted by molar-refractivity contribution is -0.145. The summed E-state index contributed by atoms with van der Waals surface area (Å²) in [4.78, 5) is 19.6. The molecule has 4 nitrogen and oxygen atoms in total. The number of fused-ring (bicyclic) bond motifs is 2. The van der Waals surface area contributed by atoms with Gasteiger partial charge in [0.25, 0.3) is 0 Å². The highest BCUT2D eigenvalue weighted by Crippen LogP contribution is 2.47. The second kappa shape index (κ2) is 8.07. The number of halogens is 7. The molecule has 1 aromatic carbocycles. The van der Waals surface area contributed by atoms with Crippen molar-refractivity contribution in [1.82, 2.24) is 4.98 Å². The molecule has 1 aliphatic carbocycles. The van der Waals surface area contributed by atoms with E-state index in [9.17, 15) is 31.1 Å². The number of rotatable bonds is 3. The van der Waals surface area contributed by atoms with E-state index in [0.717, 1.165) is 5.56 Å². The lowest BCUT2D eigenvalue weighted by atomic mass is 9.97. The molecule has 2 aliphatic rings. The number of hydrogen-bond donors (Lipinski definition) is 0. The van der Waals surface area contributed by atoms with Crippen LogP contribution in [0.4, 0.5) is 37.8 Å². The highest BCUT2D eigenvalue weighted by Gasteiger charge is 2.51. The van der Waals surface area contributed by atoms with Gasteiger partial charge >= 0.3 is 12.4 Å². The van der Waals surface area contributed by atoms with Gasteiger partial charge in [-0.25, -0.2) is 4.98 Å². The minimum atomic E-state index is -5.07. The van der Waals surface area contributed by atoms with Gasteiger partial charge in [0.05, 0.1) is 5.56 Å². The normalized spacial score (nSPS) is 22.7. The first-order valence-electron chi connectivity index (χ1n) is 10.3. The third-order valence-electron chi connectivity index (χ3n) is 6.41. The Morgan fingerprint density at radius 3 is 2.39 bits per heavy atom. The smallest absolute Gasteiger partial charge is 0.341 e. The fourth-order valence-electron chi connectivity index (χ4n) is 4.71. The van der Waals surface area contributed by atoms with Crippen molar-refractivity contribution >= 4 is 29.0 Å². The minimum Gasteiger partial charge on any atom is -0.341 e. The molecule has 3 atom stereocenters. The monoisotopic (exact) mass is 491 g/mol. The van der Waals surface area contributed by atoms with Gasteiger partial charge in [0, 0.05) is 23.8 Å². The number of carbonyl (C=O) groups excluding carboxylic acids is 1. The Kier molecular flexibility index (Phi) is 5.79. The number of pyridine rings is 1. The maximum Gasteiger partial charge on any atom is 0.433 e. The second-order valence-electron chi connectivity index (χ2n) is 8.50. The number of carbonyl (C=O) groups is 1. The molecule has 0 unspecified atom stereocenters. The van der Waals surface area contributed by atoms with Crippen LogP contribution < -0.4 is 9.80 Å². The molecule has 0 radical (unpaired) electrons. The van der Waals surface area contributed by atoms with Crippen molar-refractivity contribution < 1.29 is 31.1 Å². The van der Waals surface area contributed by atoms with E-state index >= 15 is 0 Å². The van der Waals surface area contributed by atoms with Crippen molar-refractivity contribution in [2.75, 3.05) is 16.8 Å². The van der Waals surface area contributed by atoms with Gasteiger partial charge in [-0.1, -0.05) is 17.7 Å². The lowest BCUT2D eigenvalue weighted by Crippen LogP contribution is -2.51. The SMILES string of the molecule is Cc1ccc(N(C)C(=O)[C@@H]2[C@H]3CC[C@H](C3)N2c2cc(C(F)(F)F)cc(C(F)(F)F)n2)cc1Cl.